The Balaban J connectivity index is 1.23. The van der Waals surface area contributed by atoms with Crippen LogP contribution < -0.4 is 10.6 Å². The molecule has 7 aliphatic carbocycles. The molecule has 0 aromatic heterocycles. The highest BCUT2D eigenvalue weighted by Crippen LogP contribution is 2.70. The van der Waals surface area contributed by atoms with Crippen molar-refractivity contribution in [1.29, 1.82) is 0 Å². The van der Waals surface area contributed by atoms with E-state index in [4.69, 9.17) is 0 Å². The third kappa shape index (κ3) is 2.76. The molecule has 0 aromatic carbocycles. The van der Waals surface area contributed by atoms with Crippen LogP contribution in [0.5, 0.6) is 0 Å². The molecule has 182 valence electrons. The van der Waals surface area contributed by atoms with Crippen LogP contribution in [-0.4, -0.2) is 23.4 Å². The average Bonchev–Trinajstić information content (AvgIpc) is 3.11. The molecular weight excluding hydrogens is 408 g/mol. The number of rotatable bonds is 2. The maximum atomic E-state index is 14.7. The van der Waals surface area contributed by atoms with Gasteiger partial charge in [0.15, 0.2) is 0 Å². The predicted molar refractivity (Wildman–Crippen MR) is 128 cm³/mol. The van der Waals surface area contributed by atoms with Crippen molar-refractivity contribution in [2.75, 3.05) is 0 Å². The standard InChI is InChI=1S/C29H44N2O2/c1-26-8-3-9-29(26,25(33)31-28-15-18-12-19(16-28)14-20(13-18)17-28)22-4-5-23-27(2,21(22)6-10-26)11-7-24(32)30-23/h18-23H,3-17H2,1-2H3,(H,30,32)(H,31,33)/t18?,19?,20?,21-,22+,23+,26-,27+,28?,29-/m0/s1. The molecule has 8 aliphatic rings. The summed E-state index contributed by atoms with van der Waals surface area (Å²) in [4.78, 5) is 26.9. The first-order valence-corrected chi connectivity index (χ1v) is 14.4. The summed E-state index contributed by atoms with van der Waals surface area (Å²) in [5.74, 6) is 4.36. The molecule has 0 unspecified atom stereocenters. The Morgan fingerprint density at radius 3 is 2.27 bits per heavy atom. The first-order valence-electron chi connectivity index (χ1n) is 14.4. The molecule has 0 spiro atoms. The van der Waals surface area contributed by atoms with Crippen molar-refractivity contribution in [2.45, 2.75) is 122 Å². The molecule has 1 aliphatic heterocycles. The summed E-state index contributed by atoms with van der Waals surface area (Å²) in [6, 6.07) is 0.314. The van der Waals surface area contributed by atoms with Crippen LogP contribution in [0.15, 0.2) is 0 Å². The Labute approximate surface area is 199 Å². The van der Waals surface area contributed by atoms with E-state index in [0.717, 1.165) is 43.4 Å². The Hall–Kier alpha value is -1.06. The zero-order chi connectivity index (χ0) is 22.6. The minimum atomic E-state index is -0.186. The van der Waals surface area contributed by atoms with Gasteiger partial charge in [0, 0.05) is 18.0 Å². The lowest BCUT2D eigenvalue weighted by Crippen LogP contribution is -2.68. The molecule has 2 N–H and O–H groups in total. The van der Waals surface area contributed by atoms with E-state index in [-0.39, 0.29) is 27.7 Å². The third-order valence-electron chi connectivity index (χ3n) is 13.0. The van der Waals surface area contributed by atoms with E-state index in [1.807, 2.05) is 0 Å². The van der Waals surface area contributed by atoms with Crippen LogP contribution in [0.3, 0.4) is 0 Å². The van der Waals surface area contributed by atoms with Gasteiger partial charge >= 0.3 is 0 Å². The molecule has 1 heterocycles. The van der Waals surface area contributed by atoms with Gasteiger partial charge in [-0.2, -0.15) is 0 Å². The smallest absolute Gasteiger partial charge is 0.227 e. The van der Waals surface area contributed by atoms with E-state index in [1.54, 1.807) is 0 Å². The summed E-state index contributed by atoms with van der Waals surface area (Å²) in [6.45, 7) is 4.93. The Kier molecular flexibility index (Phi) is 4.37. The van der Waals surface area contributed by atoms with Crippen LogP contribution in [0.1, 0.15) is 110 Å². The zero-order valence-electron chi connectivity index (χ0n) is 20.9. The zero-order valence-corrected chi connectivity index (χ0v) is 20.9. The van der Waals surface area contributed by atoms with E-state index in [2.05, 4.69) is 24.5 Å². The van der Waals surface area contributed by atoms with Crippen molar-refractivity contribution in [3.8, 4) is 0 Å². The van der Waals surface area contributed by atoms with Crippen molar-refractivity contribution in [2.24, 2.45) is 45.8 Å². The van der Waals surface area contributed by atoms with Gasteiger partial charge in [0.1, 0.15) is 0 Å². The molecule has 2 amide bonds. The van der Waals surface area contributed by atoms with Crippen LogP contribution in [0.4, 0.5) is 0 Å². The van der Waals surface area contributed by atoms with Crippen LogP contribution in [0, 0.1) is 45.8 Å². The van der Waals surface area contributed by atoms with Crippen molar-refractivity contribution in [3.05, 3.63) is 0 Å². The van der Waals surface area contributed by atoms with Gasteiger partial charge in [0.25, 0.3) is 0 Å². The molecule has 0 radical (unpaired) electrons. The number of carbonyl (C=O) groups excluding carboxylic acids is 2. The van der Waals surface area contributed by atoms with Gasteiger partial charge in [-0.1, -0.05) is 20.3 Å². The molecule has 4 bridgehead atoms. The number of carbonyl (C=O) groups is 2. The Morgan fingerprint density at radius 1 is 0.879 bits per heavy atom. The van der Waals surface area contributed by atoms with Gasteiger partial charge < -0.3 is 10.6 Å². The fourth-order valence-corrected chi connectivity index (χ4v) is 11.9. The Morgan fingerprint density at radius 2 is 1.58 bits per heavy atom. The number of piperidine rings is 1. The van der Waals surface area contributed by atoms with Gasteiger partial charge in [-0.15, -0.1) is 0 Å². The number of amides is 2. The lowest BCUT2D eigenvalue weighted by Gasteiger charge is -2.64. The van der Waals surface area contributed by atoms with Crippen LogP contribution in [-0.2, 0) is 9.59 Å². The highest BCUT2D eigenvalue weighted by atomic mass is 16.2. The number of nitrogens with one attached hydrogen (secondary N) is 2. The van der Waals surface area contributed by atoms with Gasteiger partial charge in [-0.3, -0.25) is 9.59 Å². The second-order valence-electron chi connectivity index (χ2n) is 14.5. The van der Waals surface area contributed by atoms with Crippen molar-refractivity contribution >= 4 is 11.8 Å². The average molecular weight is 453 g/mol. The minimum Gasteiger partial charge on any atom is -0.353 e. The molecule has 8 rings (SSSR count). The van der Waals surface area contributed by atoms with Crippen LogP contribution in [0.2, 0.25) is 0 Å². The fourth-order valence-electron chi connectivity index (χ4n) is 11.9. The molecule has 6 atom stereocenters. The number of hydrogen-bond donors (Lipinski definition) is 2. The molecule has 4 nitrogen and oxygen atoms in total. The van der Waals surface area contributed by atoms with Gasteiger partial charge in [0.05, 0.1) is 5.41 Å². The molecule has 1 saturated heterocycles. The summed E-state index contributed by atoms with van der Waals surface area (Å²) in [5.41, 5.74) is 0.238. The normalized spacial score (nSPS) is 56.5. The number of hydrogen-bond acceptors (Lipinski definition) is 2. The summed E-state index contributed by atoms with van der Waals surface area (Å²) in [5, 5.41) is 7.26. The second-order valence-corrected chi connectivity index (χ2v) is 14.5. The maximum Gasteiger partial charge on any atom is 0.227 e. The van der Waals surface area contributed by atoms with Crippen LogP contribution in [0.25, 0.3) is 0 Å². The van der Waals surface area contributed by atoms with Gasteiger partial charge in [-0.05, 0) is 124 Å². The summed E-state index contributed by atoms with van der Waals surface area (Å²) >= 11 is 0. The molecular formula is C29H44N2O2. The minimum absolute atomic E-state index is 0.108. The first kappa shape index (κ1) is 21.2. The van der Waals surface area contributed by atoms with Gasteiger partial charge in [0.2, 0.25) is 11.8 Å². The predicted octanol–water partition coefficient (Wildman–Crippen LogP) is 5.35. The highest BCUT2D eigenvalue weighted by molar-refractivity contribution is 5.85. The SMILES string of the molecule is C[C@]12CCC(=O)N[C@@H]1CC[C@@H]1[C@@H]2CC[C@]2(C)CCC[C@@]12C(=O)NC12CC3CC(CC(C3)C1)C2. The quantitative estimate of drug-likeness (QED) is 0.593. The molecule has 33 heavy (non-hydrogen) atoms. The first-order chi connectivity index (χ1) is 15.8. The highest BCUT2D eigenvalue weighted by Gasteiger charge is 2.68. The van der Waals surface area contributed by atoms with E-state index in [0.29, 0.717) is 30.2 Å². The van der Waals surface area contributed by atoms with Crippen molar-refractivity contribution in [3.63, 3.8) is 0 Å². The van der Waals surface area contributed by atoms with E-state index >= 15 is 0 Å². The third-order valence-corrected chi connectivity index (χ3v) is 13.0. The molecule has 7 saturated carbocycles. The topological polar surface area (TPSA) is 58.2 Å². The lowest BCUT2D eigenvalue weighted by molar-refractivity contribution is -0.174. The molecule has 0 aromatic rings. The monoisotopic (exact) mass is 452 g/mol. The summed E-state index contributed by atoms with van der Waals surface area (Å²) < 4.78 is 0. The Bertz CT molecular complexity index is 848. The number of fused-ring (bicyclic) bond motifs is 5. The summed E-state index contributed by atoms with van der Waals surface area (Å²) in [7, 11) is 0. The lowest BCUT2D eigenvalue weighted by atomic mass is 9.42. The molecule has 8 fully saturated rings. The van der Waals surface area contributed by atoms with E-state index in [1.165, 1.54) is 64.2 Å². The second kappa shape index (κ2) is 6.78. The van der Waals surface area contributed by atoms with E-state index in [9.17, 15) is 9.59 Å². The van der Waals surface area contributed by atoms with Crippen LogP contribution >= 0.6 is 0 Å². The van der Waals surface area contributed by atoms with Crippen molar-refractivity contribution in [1.82, 2.24) is 10.6 Å². The van der Waals surface area contributed by atoms with E-state index < -0.39 is 0 Å². The largest absolute Gasteiger partial charge is 0.353 e. The van der Waals surface area contributed by atoms with Gasteiger partial charge in [-0.25, -0.2) is 0 Å². The fraction of sp³-hybridized carbons (Fsp3) is 0.931. The maximum absolute atomic E-state index is 14.7. The van der Waals surface area contributed by atoms with Crippen molar-refractivity contribution < 1.29 is 9.59 Å². The molecule has 4 heteroatoms. The summed E-state index contributed by atoms with van der Waals surface area (Å²) in [6.07, 6.45) is 17.8.